The van der Waals surface area contributed by atoms with Crippen LogP contribution >= 0.6 is 11.8 Å². The smallest absolute Gasteiger partial charge is 0.126 e. The van der Waals surface area contributed by atoms with Crippen LogP contribution < -0.4 is 10.6 Å². The molecule has 3 N–H and O–H groups in total. The normalized spacial score (nSPS) is 24.9. The molecule has 21 heavy (non-hydrogen) atoms. The van der Waals surface area contributed by atoms with Crippen LogP contribution in [0, 0.1) is 5.41 Å². The van der Waals surface area contributed by atoms with E-state index in [0.717, 1.165) is 41.5 Å². The summed E-state index contributed by atoms with van der Waals surface area (Å²) in [7, 11) is 0. The van der Waals surface area contributed by atoms with Gasteiger partial charge in [-0.3, -0.25) is 5.41 Å². The van der Waals surface area contributed by atoms with Gasteiger partial charge in [0.2, 0.25) is 0 Å². The van der Waals surface area contributed by atoms with Gasteiger partial charge in [-0.25, -0.2) is 0 Å². The first-order chi connectivity index (χ1) is 10.2. The Balaban J connectivity index is 2.00. The van der Waals surface area contributed by atoms with Gasteiger partial charge in [0.1, 0.15) is 5.84 Å². The number of morpholine rings is 1. The number of hydrogen-bond donors (Lipinski definition) is 2. The molecule has 1 heterocycles. The Bertz CT molecular complexity index is 534. The van der Waals surface area contributed by atoms with Crippen molar-refractivity contribution in [1.29, 1.82) is 5.41 Å². The van der Waals surface area contributed by atoms with Crippen molar-refractivity contribution in [2.45, 2.75) is 43.2 Å². The Morgan fingerprint density at radius 2 is 2.33 bits per heavy atom. The Hall–Kier alpha value is -1.20. The lowest BCUT2D eigenvalue weighted by Gasteiger charge is -2.40. The van der Waals surface area contributed by atoms with Gasteiger partial charge >= 0.3 is 0 Å². The largest absolute Gasteiger partial charge is 0.384 e. The van der Waals surface area contributed by atoms with Crippen LogP contribution in [-0.4, -0.2) is 36.9 Å². The average molecular weight is 305 g/mol. The minimum Gasteiger partial charge on any atom is -0.384 e. The number of nitrogens with two attached hydrogens (primary N) is 1. The highest BCUT2D eigenvalue weighted by Gasteiger charge is 2.37. The molecule has 0 radical (unpaired) electrons. The quantitative estimate of drug-likeness (QED) is 0.510. The summed E-state index contributed by atoms with van der Waals surface area (Å²) in [6.07, 6.45) is 3.90. The van der Waals surface area contributed by atoms with Crippen LogP contribution in [0.2, 0.25) is 0 Å². The molecule has 2 atom stereocenters. The summed E-state index contributed by atoms with van der Waals surface area (Å²) in [5.41, 5.74) is 7.91. The standard InChI is InChI=1S/C16H23N3OS/c1-2-21-14-8-4-6-12(15(14)16(17)18)19-9-10-20-13-7-3-5-11(13)19/h4,6,8,11,13H,2-3,5,7,9-10H2,1H3,(H3,17,18). The number of anilines is 1. The van der Waals surface area contributed by atoms with Crippen molar-refractivity contribution >= 4 is 23.3 Å². The van der Waals surface area contributed by atoms with E-state index in [1.165, 1.54) is 12.8 Å². The van der Waals surface area contributed by atoms with Gasteiger partial charge in [0.15, 0.2) is 0 Å². The predicted octanol–water partition coefficient (Wildman–Crippen LogP) is 2.84. The van der Waals surface area contributed by atoms with Gasteiger partial charge in [0.25, 0.3) is 0 Å². The topological polar surface area (TPSA) is 62.3 Å². The van der Waals surface area contributed by atoms with Crippen LogP contribution in [0.1, 0.15) is 31.7 Å². The fourth-order valence-corrected chi connectivity index (χ4v) is 4.37. The maximum atomic E-state index is 8.01. The van der Waals surface area contributed by atoms with Gasteiger partial charge in [-0.15, -0.1) is 11.8 Å². The average Bonchev–Trinajstić information content (AvgIpc) is 2.95. The molecule has 0 bridgehead atoms. The van der Waals surface area contributed by atoms with E-state index in [1.54, 1.807) is 11.8 Å². The van der Waals surface area contributed by atoms with E-state index in [1.807, 2.05) is 0 Å². The number of ether oxygens (including phenoxy) is 1. The molecule has 0 aromatic heterocycles. The fraction of sp³-hybridized carbons (Fsp3) is 0.562. The van der Waals surface area contributed by atoms with E-state index in [2.05, 4.69) is 30.0 Å². The number of benzene rings is 1. The molecule has 1 aromatic rings. The molecule has 1 saturated carbocycles. The second-order valence-electron chi connectivity index (χ2n) is 5.60. The summed E-state index contributed by atoms with van der Waals surface area (Å²) in [5.74, 6) is 1.15. The van der Waals surface area contributed by atoms with Crippen LogP contribution in [0.3, 0.4) is 0 Å². The maximum absolute atomic E-state index is 8.01. The van der Waals surface area contributed by atoms with Crippen LogP contribution in [0.4, 0.5) is 5.69 Å². The van der Waals surface area contributed by atoms with E-state index in [0.29, 0.717) is 12.1 Å². The first-order valence-corrected chi connectivity index (χ1v) is 8.69. The third-order valence-electron chi connectivity index (χ3n) is 4.36. The number of thioether (sulfide) groups is 1. The van der Waals surface area contributed by atoms with Crippen LogP contribution in [0.25, 0.3) is 0 Å². The molecule has 5 heteroatoms. The molecular weight excluding hydrogens is 282 g/mol. The van der Waals surface area contributed by atoms with E-state index in [9.17, 15) is 0 Å². The van der Waals surface area contributed by atoms with Gasteiger partial charge in [-0.2, -0.15) is 0 Å². The van der Waals surface area contributed by atoms with Crippen molar-refractivity contribution in [3.63, 3.8) is 0 Å². The van der Waals surface area contributed by atoms with Gasteiger partial charge < -0.3 is 15.4 Å². The molecule has 0 spiro atoms. The lowest BCUT2D eigenvalue weighted by atomic mass is 10.1. The van der Waals surface area contributed by atoms with E-state index in [-0.39, 0.29) is 5.84 Å². The van der Waals surface area contributed by atoms with Crippen molar-refractivity contribution in [2.75, 3.05) is 23.8 Å². The molecule has 2 unspecified atom stereocenters. The Labute approximate surface area is 130 Å². The molecule has 114 valence electrons. The van der Waals surface area contributed by atoms with Crippen molar-refractivity contribution < 1.29 is 4.74 Å². The lowest BCUT2D eigenvalue weighted by Crippen LogP contribution is -2.49. The summed E-state index contributed by atoms with van der Waals surface area (Å²) < 4.78 is 5.90. The van der Waals surface area contributed by atoms with E-state index in [4.69, 9.17) is 15.9 Å². The third kappa shape index (κ3) is 2.77. The summed E-state index contributed by atoms with van der Waals surface area (Å²) in [4.78, 5) is 3.54. The summed E-state index contributed by atoms with van der Waals surface area (Å²) in [6, 6.07) is 6.70. The van der Waals surface area contributed by atoms with Crippen molar-refractivity contribution in [1.82, 2.24) is 0 Å². The summed E-state index contributed by atoms with van der Waals surface area (Å²) in [5, 5.41) is 8.01. The second-order valence-corrected chi connectivity index (χ2v) is 6.90. The van der Waals surface area contributed by atoms with Crippen molar-refractivity contribution in [3.05, 3.63) is 23.8 Å². The Morgan fingerprint density at radius 1 is 1.48 bits per heavy atom. The molecule has 1 aliphatic carbocycles. The monoisotopic (exact) mass is 305 g/mol. The van der Waals surface area contributed by atoms with Crippen LogP contribution in [0.5, 0.6) is 0 Å². The first-order valence-electron chi connectivity index (χ1n) is 7.70. The summed E-state index contributed by atoms with van der Waals surface area (Å²) in [6.45, 7) is 3.79. The second kappa shape index (κ2) is 6.28. The lowest BCUT2D eigenvalue weighted by molar-refractivity contribution is 0.0256. The van der Waals surface area contributed by atoms with E-state index >= 15 is 0 Å². The van der Waals surface area contributed by atoms with Crippen LogP contribution in [-0.2, 0) is 4.74 Å². The minimum atomic E-state index is 0.169. The molecule has 1 aliphatic heterocycles. The van der Waals surface area contributed by atoms with Crippen molar-refractivity contribution in [3.8, 4) is 0 Å². The minimum absolute atomic E-state index is 0.169. The van der Waals surface area contributed by atoms with E-state index < -0.39 is 0 Å². The summed E-state index contributed by atoms with van der Waals surface area (Å²) >= 11 is 1.75. The zero-order valence-electron chi connectivity index (χ0n) is 12.5. The highest BCUT2D eigenvalue weighted by molar-refractivity contribution is 7.99. The molecule has 2 aliphatic rings. The third-order valence-corrected chi connectivity index (χ3v) is 5.30. The maximum Gasteiger partial charge on any atom is 0.126 e. The highest BCUT2D eigenvalue weighted by atomic mass is 32.2. The number of amidine groups is 1. The molecular formula is C16H23N3OS. The molecule has 0 amide bonds. The number of hydrogen-bond acceptors (Lipinski definition) is 4. The molecule has 1 aromatic carbocycles. The number of nitrogens with zero attached hydrogens (tertiary/aromatic N) is 1. The molecule has 3 rings (SSSR count). The number of rotatable bonds is 4. The zero-order chi connectivity index (χ0) is 14.8. The predicted molar refractivity (Wildman–Crippen MR) is 88.6 cm³/mol. The SMILES string of the molecule is CCSc1cccc(N2CCOC3CCCC32)c1C(=N)N. The van der Waals surface area contributed by atoms with Crippen LogP contribution in [0.15, 0.2) is 23.1 Å². The molecule has 4 nitrogen and oxygen atoms in total. The number of fused-ring (bicyclic) bond motifs is 1. The fourth-order valence-electron chi connectivity index (χ4n) is 3.53. The first kappa shape index (κ1) is 14.7. The molecule has 2 fully saturated rings. The van der Waals surface area contributed by atoms with Gasteiger partial charge in [0.05, 0.1) is 24.3 Å². The number of nitrogen functional groups attached to an aromatic ring is 1. The van der Waals surface area contributed by atoms with Gasteiger partial charge in [0, 0.05) is 17.1 Å². The highest BCUT2D eigenvalue weighted by Crippen LogP contribution is 2.37. The molecule has 1 saturated heterocycles. The zero-order valence-corrected chi connectivity index (χ0v) is 13.3. The number of nitrogens with one attached hydrogen (secondary N) is 1. The van der Waals surface area contributed by atoms with Gasteiger partial charge in [-0.05, 0) is 37.1 Å². The van der Waals surface area contributed by atoms with Crippen molar-refractivity contribution in [2.24, 2.45) is 5.73 Å². The Kier molecular flexibility index (Phi) is 4.40. The van der Waals surface area contributed by atoms with Gasteiger partial charge in [-0.1, -0.05) is 13.0 Å². The Morgan fingerprint density at radius 3 is 3.10 bits per heavy atom.